The third-order valence-corrected chi connectivity index (χ3v) is 5.05. The lowest BCUT2D eigenvalue weighted by molar-refractivity contribution is -0.128. The van der Waals surface area contributed by atoms with Gasteiger partial charge in [0.1, 0.15) is 5.76 Å². The number of nitrogens with one attached hydrogen (secondary N) is 1. The van der Waals surface area contributed by atoms with Gasteiger partial charge >= 0.3 is 0 Å². The molecule has 0 radical (unpaired) electrons. The van der Waals surface area contributed by atoms with E-state index in [-0.39, 0.29) is 18.2 Å². The van der Waals surface area contributed by atoms with Crippen LogP contribution in [0.15, 0.2) is 46.2 Å². The van der Waals surface area contributed by atoms with Crippen molar-refractivity contribution in [2.24, 2.45) is 0 Å². The third kappa shape index (κ3) is 4.62. The van der Waals surface area contributed by atoms with Crippen LogP contribution in [0.3, 0.4) is 0 Å². The summed E-state index contributed by atoms with van der Waals surface area (Å²) in [4.78, 5) is 31.0. The van der Waals surface area contributed by atoms with E-state index in [0.717, 1.165) is 10.4 Å². The maximum atomic E-state index is 12.5. The zero-order valence-electron chi connectivity index (χ0n) is 15.5. The number of para-hydroxylation sites is 1. The van der Waals surface area contributed by atoms with Gasteiger partial charge in [-0.25, -0.2) is 4.98 Å². The van der Waals surface area contributed by atoms with Gasteiger partial charge < -0.3 is 14.6 Å². The Kier molecular flexibility index (Phi) is 5.71. The molecule has 3 rings (SSSR count). The van der Waals surface area contributed by atoms with Crippen LogP contribution in [0.4, 0.5) is 5.69 Å². The molecule has 0 spiro atoms. The quantitative estimate of drug-likeness (QED) is 0.701. The number of hydrogen-bond acceptors (Lipinski definition) is 5. The highest BCUT2D eigenvalue weighted by molar-refractivity contribution is 7.13. The highest BCUT2D eigenvalue weighted by Crippen LogP contribution is 2.26. The van der Waals surface area contributed by atoms with Gasteiger partial charge in [-0.3, -0.25) is 9.59 Å². The number of nitrogens with zero attached hydrogens (tertiary/aromatic N) is 2. The lowest BCUT2D eigenvalue weighted by atomic mass is 10.1. The molecular formula is C20H21N3O3S. The van der Waals surface area contributed by atoms with Gasteiger partial charge in [-0.15, -0.1) is 11.3 Å². The average Bonchev–Trinajstić information content (AvgIpc) is 3.27. The summed E-state index contributed by atoms with van der Waals surface area (Å²) in [6.07, 6.45) is 0.123. The summed E-state index contributed by atoms with van der Waals surface area (Å²) in [7, 11) is 1.73. The fraction of sp³-hybridized carbons (Fsp3) is 0.250. The van der Waals surface area contributed by atoms with Crippen molar-refractivity contribution in [2.75, 3.05) is 12.4 Å². The first-order valence-corrected chi connectivity index (χ1v) is 9.41. The molecule has 7 heteroatoms. The van der Waals surface area contributed by atoms with Gasteiger partial charge in [0.25, 0.3) is 0 Å². The van der Waals surface area contributed by atoms with Gasteiger partial charge in [0, 0.05) is 26.2 Å². The number of aromatic nitrogens is 1. The first-order chi connectivity index (χ1) is 12.9. The maximum Gasteiger partial charge on any atom is 0.236 e. The summed E-state index contributed by atoms with van der Waals surface area (Å²) in [5.41, 5.74) is 2.18. The second-order valence-electron chi connectivity index (χ2n) is 6.26. The third-order valence-electron chi connectivity index (χ3n) is 4.19. The fourth-order valence-electron chi connectivity index (χ4n) is 2.59. The molecule has 0 saturated carbocycles. The van der Waals surface area contributed by atoms with Gasteiger partial charge in [0.15, 0.2) is 0 Å². The average molecular weight is 383 g/mol. The van der Waals surface area contributed by atoms with E-state index in [0.29, 0.717) is 29.6 Å². The first-order valence-electron chi connectivity index (χ1n) is 8.53. The van der Waals surface area contributed by atoms with Crippen LogP contribution in [-0.2, 0) is 22.6 Å². The van der Waals surface area contributed by atoms with Crippen molar-refractivity contribution in [2.45, 2.75) is 26.8 Å². The summed E-state index contributed by atoms with van der Waals surface area (Å²) >= 11 is 1.54. The molecule has 140 valence electrons. The van der Waals surface area contributed by atoms with E-state index in [4.69, 9.17) is 4.42 Å². The van der Waals surface area contributed by atoms with Crippen LogP contribution in [0, 0.1) is 6.92 Å². The minimum Gasteiger partial charge on any atom is -0.440 e. The van der Waals surface area contributed by atoms with Crippen molar-refractivity contribution in [3.63, 3.8) is 0 Å². The molecule has 6 nitrogen and oxygen atoms in total. The summed E-state index contributed by atoms with van der Waals surface area (Å²) in [6, 6.07) is 11.3. The van der Waals surface area contributed by atoms with Crippen LogP contribution in [0.1, 0.15) is 23.9 Å². The highest BCUT2D eigenvalue weighted by Gasteiger charge is 2.16. The fourth-order valence-corrected chi connectivity index (χ4v) is 3.24. The zero-order chi connectivity index (χ0) is 19.4. The Morgan fingerprint density at radius 2 is 2.00 bits per heavy atom. The number of hydrogen-bond donors (Lipinski definition) is 1. The molecular weight excluding hydrogens is 362 g/mol. The van der Waals surface area contributed by atoms with Gasteiger partial charge in [0.2, 0.25) is 17.7 Å². The normalized spacial score (nSPS) is 10.6. The lowest BCUT2D eigenvalue weighted by Gasteiger charge is -2.17. The molecule has 27 heavy (non-hydrogen) atoms. The predicted octanol–water partition coefficient (Wildman–Crippen LogP) is 3.87. The molecule has 2 heterocycles. The molecule has 1 N–H and O–H groups in total. The lowest BCUT2D eigenvalue weighted by Crippen LogP contribution is -2.24. The van der Waals surface area contributed by atoms with E-state index in [2.05, 4.69) is 10.3 Å². The second-order valence-corrected chi connectivity index (χ2v) is 7.20. The number of carbonyl (C=O) groups excluding carboxylic acids is 2. The monoisotopic (exact) mass is 383 g/mol. The summed E-state index contributed by atoms with van der Waals surface area (Å²) in [5.74, 6) is 0.962. The van der Waals surface area contributed by atoms with Crippen LogP contribution in [0.5, 0.6) is 0 Å². The van der Waals surface area contributed by atoms with Gasteiger partial charge in [0.05, 0.1) is 17.0 Å². The molecule has 2 amide bonds. The SMILES string of the molecule is CC(=O)N(C)Cc1ccccc1NC(=O)Cc1nc(-c2cccs2)oc1C. The molecule has 0 bridgehead atoms. The second kappa shape index (κ2) is 8.18. The van der Waals surface area contributed by atoms with Crippen LogP contribution in [0.2, 0.25) is 0 Å². The molecule has 2 aromatic heterocycles. The molecule has 3 aromatic rings. The summed E-state index contributed by atoms with van der Waals surface area (Å²) < 4.78 is 5.69. The maximum absolute atomic E-state index is 12.5. The minimum atomic E-state index is -0.179. The van der Waals surface area contributed by atoms with Crippen LogP contribution in [-0.4, -0.2) is 28.7 Å². The Labute approximate surface area is 161 Å². The van der Waals surface area contributed by atoms with Crippen molar-refractivity contribution in [3.8, 4) is 10.8 Å². The van der Waals surface area contributed by atoms with Crippen molar-refractivity contribution in [3.05, 3.63) is 58.8 Å². The van der Waals surface area contributed by atoms with E-state index in [1.165, 1.54) is 6.92 Å². The molecule has 0 aliphatic rings. The molecule has 0 saturated heterocycles. The largest absolute Gasteiger partial charge is 0.440 e. The van der Waals surface area contributed by atoms with Gasteiger partial charge in [-0.2, -0.15) is 0 Å². The van der Waals surface area contributed by atoms with Crippen molar-refractivity contribution >= 4 is 28.8 Å². The van der Waals surface area contributed by atoms with E-state index >= 15 is 0 Å². The Bertz CT molecular complexity index is 947. The Balaban J connectivity index is 1.71. The van der Waals surface area contributed by atoms with E-state index < -0.39 is 0 Å². The molecule has 0 unspecified atom stereocenters. The minimum absolute atomic E-state index is 0.0320. The smallest absolute Gasteiger partial charge is 0.236 e. The van der Waals surface area contributed by atoms with E-state index in [1.807, 2.05) is 48.7 Å². The molecule has 0 aliphatic heterocycles. The number of rotatable bonds is 6. The van der Waals surface area contributed by atoms with Crippen molar-refractivity contribution < 1.29 is 14.0 Å². The number of benzene rings is 1. The Hall–Kier alpha value is -2.93. The van der Waals surface area contributed by atoms with Crippen molar-refractivity contribution in [1.29, 1.82) is 0 Å². The number of oxazole rings is 1. The number of thiophene rings is 1. The molecule has 1 aromatic carbocycles. The molecule has 0 fully saturated rings. The van der Waals surface area contributed by atoms with E-state index in [1.54, 1.807) is 23.3 Å². The van der Waals surface area contributed by atoms with Crippen molar-refractivity contribution in [1.82, 2.24) is 9.88 Å². The Morgan fingerprint density at radius 1 is 1.22 bits per heavy atom. The number of aryl methyl sites for hydroxylation is 1. The van der Waals surface area contributed by atoms with Crippen LogP contribution >= 0.6 is 11.3 Å². The summed E-state index contributed by atoms with van der Waals surface area (Å²) in [5, 5.41) is 4.87. The van der Waals surface area contributed by atoms with Gasteiger partial charge in [-0.05, 0) is 30.0 Å². The zero-order valence-corrected chi connectivity index (χ0v) is 16.3. The first kappa shape index (κ1) is 18.8. The molecule has 0 atom stereocenters. The summed E-state index contributed by atoms with van der Waals surface area (Å²) in [6.45, 7) is 3.75. The van der Waals surface area contributed by atoms with Gasteiger partial charge in [-0.1, -0.05) is 24.3 Å². The van der Waals surface area contributed by atoms with E-state index in [9.17, 15) is 9.59 Å². The predicted molar refractivity (Wildman–Crippen MR) is 105 cm³/mol. The Morgan fingerprint density at radius 3 is 2.70 bits per heavy atom. The standard InChI is InChI=1S/C20H21N3O3S/c1-13-17(22-20(26-13)18-9-6-10-27-18)11-19(25)21-16-8-5-4-7-15(16)12-23(3)14(2)24/h4-10H,11-12H2,1-3H3,(H,21,25). The topological polar surface area (TPSA) is 75.4 Å². The number of anilines is 1. The van der Waals surface area contributed by atoms with Crippen LogP contribution in [0.25, 0.3) is 10.8 Å². The molecule has 0 aliphatic carbocycles. The highest BCUT2D eigenvalue weighted by atomic mass is 32.1. The number of amides is 2. The number of carbonyl (C=O) groups is 2. The van der Waals surface area contributed by atoms with Crippen LogP contribution < -0.4 is 5.32 Å².